The van der Waals surface area contributed by atoms with Gasteiger partial charge in [0.05, 0.1) is 17.9 Å². The first kappa shape index (κ1) is 8.23. The molecule has 2 aromatic rings. The summed E-state index contributed by atoms with van der Waals surface area (Å²) < 4.78 is 2.10. The molecule has 2 aromatic heterocycles. The van der Waals surface area contributed by atoms with Crippen molar-refractivity contribution in [2.75, 3.05) is 0 Å². The Morgan fingerprint density at radius 1 is 1.46 bits per heavy atom. The van der Waals surface area contributed by atoms with Crippen molar-refractivity contribution in [1.29, 1.82) is 0 Å². The van der Waals surface area contributed by atoms with Crippen molar-refractivity contribution in [2.45, 2.75) is 26.2 Å². The third-order valence-electron chi connectivity index (χ3n) is 2.42. The predicted molar refractivity (Wildman–Crippen MR) is 51.7 cm³/mol. The Labute approximate surface area is 77.4 Å². The van der Waals surface area contributed by atoms with Gasteiger partial charge in [-0.05, 0) is 6.42 Å². The normalized spacial score (nSPS) is 13.4. The van der Waals surface area contributed by atoms with Crippen LogP contribution in [0.15, 0.2) is 24.8 Å². The summed E-state index contributed by atoms with van der Waals surface area (Å²) in [5.74, 6) is 1.63. The zero-order valence-electron chi connectivity index (χ0n) is 7.94. The van der Waals surface area contributed by atoms with Gasteiger partial charge in [0.25, 0.3) is 0 Å². The highest BCUT2D eigenvalue weighted by atomic mass is 15.0. The minimum atomic E-state index is 0.505. The van der Waals surface area contributed by atoms with Crippen LogP contribution in [0.1, 0.15) is 32.0 Å². The van der Waals surface area contributed by atoms with Crippen molar-refractivity contribution in [1.82, 2.24) is 14.4 Å². The van der Waals surface area contributed by atoms with E-state index in [0.717, 1.165) is 17.8 Å². The second kappa shape index (κ2) is 3.17. The second-order valence-electron chi connectivity index (χ2n) is 3.30. The smallest absolute Gasteiger partial charge is 0.116 e. The van der Waals surface area contributed by atoms with E-state index in [2.05, 4.69) is 28.2 Å². The number of imidazole rings is 1. The third kappa shape index (κ3) is 1.30. The van der Waals surface area contributed by atoms with Gasteiger partial charge in [-0.15, -0.1) is 0 Å². The van der Waals surface area contributed by atoms with Crippen LogP contribution < -0.4 is 0 Å². The number of fused-ring (bicyclic) bond motifs is 1. The topological polar surface area (TPSA) is 30.2 Å². The summed E-state index contributed by atoms with van der Waals surface area (Å²) in [5, 5.41) is 0. The lowest BCUT2D eigenvalue weighted by Gasteiger charge is -2.06. The fraction of sp³-hybridized carbons (Fsp3) is 0.400. The molecule has 1 unspecified atom stereocenters. The molecule has 0 saturated carbocycles. The SMILES string of the molecule is CCC(C)c1ncc2cnccn12. The quantitative estimate of drug-likeness (QED) is 0.700. The van der Waals surface area contributed by atoms with Crippen molar-refractivity contribution < 1.29 is 0 Å². The number of hydrogen-bond acceptors (Lipinski definition) is 2. The molecule has 2 rings (SSSR count). The zero-order chi connectivity index (χ0) is 9.26. The van der Waals surface area contributed by atoms with E-state index in [1.165, 1.54) is 0 Å². The molecular formula is C10H13N3. The number of rotatable bonds is 2. The van der Waals surface area contributed by atoms with Crippen LogP contribution in [0, 0.1) is 0 Å². The van der Waals surface area contributed by atoms with Gasteiger partial charge in [-0.25, -0.2) is 4.98 Å². The lowest BCUT2D eigenvalue weighted by Crippen LogP contribution is -1.99. The Kier molecular flexibility index (Phi) is 2.00. The molecule has 0 aliphatic heterocycles. The number of aromatic nitrogens is 3. The number of hydrogen-bond donors (Lipinski definition) is 0. The second-order valence-corrected chi connectivity index (χ2v) is 3.30. The van der Waals surface area contributed by atoms with Crippen molar-refractivity contribution in [2.24, 2.45) is 0 Å². The van der Waals surface area contributed by atoms with E-state index < -0.39 is 0 Å². The Morgan fingerprint density at radius 3 is 3.08 bits per heavy atom. The molecule has 0 N–H and O–H groups in total. The van der Waals surface area contributed by atoms with Gasteiger partial charge in [0.1, 0.15) is 5.82 Å². The molecule has 0 aliphatic carbocycles. The first-order valence-corrected chi connectivity index (χ1v) is 4.60. The van der Waals surface area contributed by atoms with Crippen LogP contribution in [0.3, 0.4) is 0 Å². The van der Waals surface area contributed by atoms with Gasteiger partial charge >= 0.3 is 0 Å². The van der Waals surface area contributed by atoms with Crippen molar-refractivity contribution in [3.8, 4) is 0 Å². The zero-order valence-corrected chi connectivity index (χ0v) is 7.94. The maximum Gasteiger partial charge on any atom is 0.116 e. The van der Waals surface area contributed by atoms with Crippen LogP contribution in [0.5, 0.6) is 0 Å². The molecule has 1 atom stereocenters. The van der Waals surface area contributed by atoms with Gasteiger partial charge in [-0.2, -0.15) is 0 Å². The largest absolute Gasteiger partial charge is 0.300 e. The molecule has 0 radical (unpaired) electrons. The van der Waals surface area contributed by atoms with E-state index in [0.29, 0.717) is 5.92 Å². The van der Waals surface area contributed by atoms with Gasteiger partial charge in [0.15, 0.2) is 0 Å². The van der Waals surface area contributed by atoms with Crippen LogP contribution in [-0.2, 0) is 0 Å². The van der Waals surface area contributed by atoms with E-state index in [1.54, 1.807) is 6.20 Å². The maximum atomic E-state index is 4.39. The molecule has 3 heteroatoms. The molecule has 0 aromatic carbocycles. The first-order chi connectivity index (χ1) is 6.33. The fourth-order valence-corrected chi connectivity index (χ4v) is 1.42. The van der Waals surface area contributed by atoms with Gasteiger partial charge < -0.3 is 4.40 Å². The molecule has 0 saturated heterocycles. The monoisotopic (exact) mass is 175 g/mol. The predicted octanol–water partition coefficient (Wildman–Crippen LogP) is 2.24. The molecule has 2 heterocycles. The van der Waals surface area contributed by atoms with Crippen molar-refractivity contribution in [3.05, 3.63) is 30.6 Å². The highest BCUT2D eigenvalue weighted by Gasteiger charge is 2.08. The minimum Gasteiger partial charge on any atom is -0.300 e. The van der Waals surface area contributed by atoms with E-state index in [4.69, 9.17) is 0 Å². The summed E-state index contributed by atoms with van der Waals surface area (Å²) >= 11 is 0. The molecule has 3 nitrogen and oxygen atoms in total. The average molecular weight is 175 g/mol. The van der Waals surface area contributed by atoms with Crippen molar-refractivity contribution >= 4 is 5.52 Å². The summed E-state index contributed by atoms with van der Waals surface area (Å²) in [6, 6.07) is 0. The summed E-state index contributed by atoms with van der Waals surface area (Å²) in [5.41, 5.74) is 1.07. The van der Waals surface area contributed by atoms with E-state index in [1.807, 2.05) is 18.6 Å². The lowest BCUT2D eigenvalue weighted by molar-refractivity contribution is 0.675. The first-order valence-electron chi connectivity index (χ1n) is 4.60. The van der Waals surface area contributed by atoms with Crippen LogP contribution in [0.4, 0.5) is 0 Å². The molecule has 0 bridgehead atoms. The fourth-order valence-electron chi connectivity index (χ4n) is 1.42. The molecule has 68 valence electrons. The van der Waals surface area contributed by atoms with E-state index in [9.17, 15) is 0 Å². The molecule has 0 amide bonds. The standard InChI is InChI=1S/C10H13N3/c1-3-8(2)10-12-7-9-6-11-4-5-13(9)10/h4-8H,3H2,1-2H3. The minimum absolute atomic E-state index is 0.505. The van der Waals surface area contributed by atoms with Gasteiger partial charge in [0, 0.05) is 18.3 Å². The van der Waals surface area contributed by atoms with Gasteiger partial charge in [-0.3, -0.25) is 4.98 Å². The van der Waals surface area contributed by atoms with E-state index >= 15 is 0 Å². The molecule has 0 spiro atoms. The Bertz CT molecular complexity index is 405. The maximum absolute atomic E-state index is 4.39. The molecule has 0 fully saturated rings. The Hall–Kier alpha value is -1.38. The van der Waals surface area contributed by atoms with Crippen LogP contribution >= 0.6 is 0 Å². The average Bonchev–Trinajstić information content (AvgIpc) is 2.60. The van der Waals surface area contributed by atoms with Crippen LogP contribution in [-0.4, -0.2) is 14.4 Å². The molecule has 13 heavy (non-hydrogen) atoms. The highest BCUT2D eigenvalue weighted by molar-refractivity contribution is 5.43. The van der Waals surface area contributed by atoms with E-state index in [-0.39, 0.29) is 0 Å². The summed E-state index contributed by atoms with van der Waals surface area (Å²) in [6.45, 7) is 4.36. The summed E-state index contributed by atoms with van der Waals surface area (Å²) in [6.07, 6.45) is 8.57. The van der Waals surface area contributed by atoms with Crippen molar-refractivity contribution in [3.63, 3.8) is 0 Å². The number of nitrogens with zero attached hydrogens (tertiary/aromatic N) is 3. The summed E-state index contributed by atoms with van der Waals surface area (Å²) in [7, 11) is 0. The lowest BCUT2D eigenvalue weighted by atomic mass is 10.1. The summed E-state index contributed by atoms with van der Waals surface area (Å²) in [4.78, 5) is 8.44. The third-order valence-corrected chi connectivity index (χ3v) is 2.42. The van der Waals surface area contributed by atoms with Gasteiger partial charge in [-0.1, -0.05) is 13.8 Å². The Balaban J connectivity index is 2.57. The molecule has 0 aliphatic rings. The highest BCUT2D eigenvalue weighted by Crippen LogP contribution is 2.17. The van der Waals surface area contributed by atoms with Crippen LogP contribution in [0.25, 0.3) is 5.52 Å². The van der Waals surface area contributed by atoms with Crippen LogP contribution in [0.2, 0.25) is 0 Å². The molecular weight excluding hydrogens is 162 g/mol. The Morgan fingerprint density at radius 2 is 2.31 bits per heavy atom. The van der Waals surface area contributed by atoms with Gasteiger partial charge in [0.2, 0.25) is 0 Å².